The number of benzene rings is 3. The van der Waals surface area contributed by atoms with E-state index in [1.165, 1.54) is 24.3 Å². The molecule has 0 fully saturated rings. The lowest BCUT2D eigenvalue weighted by molar-refractivity contribution is 0.271. The molecule has 2 heterocycles. The fourth-order valence-corrected chi connectivity index (χ4v) is 4.53. The molecule has 5 aromatic rings. The number of H-pyrrole nitrogens is 2. The zero-order valence-corrected chi connectivity index (χ0v) is 23.8. The van der Waals surface area contributed by atoms with Crippen LogP contribution in [0, 0.1) is 23.3 Å². The first-order valence-corrected chi connectivity index (χ1v) is 13.5. The summed E-state index contributed by atoms with van der Waals surface area (Å²) in [7, 11) is 7.74. The smallest absolute Gasteiger partial charge is 0.167 e. The third-order valence-corrected chi connectivity index (χ3v) is 6.65. The van der Waals surface area contributed by atoms with Crippen LogP contribution in [0.5, 0.6) is 11.5 Å². The molecule has 0 saturated carbocycles. The molecule has 0 bridgehead atoms. The number of ether oxygens (including phenoxy) is 2. The van der Waals surface area contributed by atoms with E-state index in [0.29, 0.717) is 37.1 Å². The zero-order valence-electron chi connectivity index (χ0n) is 23.8. The molecule has 0 spiro atoms. The first-order valence-electron chi connectivity index (χ1n) is 13.5. The van der Waals surface area contributed by atoms with E-state index in [2.05, 4.69) is 19.9 Å². The van der Waals surface area contributed by atoms with E-state index >= 15 is 8.78 Å². The van der Waals surface area contributed by atoms with Gasteiger partial charge in [0.05, 0.1) is 46.4 Å². The van der Waals surface area contributed by atoms with Crippen LogP contribution in [0.25, 0.3) is 44.8 Å². The molecular formula is C30H32F4N6O2. The Balaban J connectivity index is 1.38. The summed E-state index contributed by atoms with van der Waals surface area (Å²) < 4.78 is 70.9. The molecule has 0 aliphatic heterocycles. The number of nitrogens with zero attached hydrogens (tertiary/aromatic N) is 4. The Morgan fingerprint density at radius 3 is 1.38 bits per heavy atom. The quantitative estimate of drug-likeness (QED) is 0.139. The Labute approximate surface area is 240 Å². The first kappa shape index (κ1) is 29.3. The molecular weight excluding hydrogens is 552 g/mol. The van der Waals surface area contributed by atoms with Crippen molar-refractivity contribution >= 4 is 22.1 Å². The number of hydrogen-bond donors (Lipinski definition) is 2. The molecule has 0 aliphatic rings. The fourth-order valence-electron chi connectivity index (χ4n) is 4.53. The second-order valence-electron chi connectivity index (χ2n) is 10.6. The number of rotatable bonds is 12. The Morgan fingerprint density at radius 2 is 1.00 bits per heavy atom. The number of aromatic nitrogens is 4. The number of hydrogen-bond acceptors (Lipinski definition) is 6. The van der Waals surface area contributed by atoms with Gasteiger partial charge in [0, 0.05) is 37.4 Å². The van der Waals surface area contributed by atoms with Gasteiger partial charge in [0.25, 0.3) is 0 Å². The van der Waals surface area contributed by atoms with E-state index in [-0.39, 0.29) is 45.3 Å². The molecule has 2 N–H and O–H groups in total. The molecule has 0 aliphatic carbocycles. The molecule has 222 valence electrons. The van der Waals surface area contributed by atoms with Gasteiger partial charge in [-0.1, -0.05) is 0 Å². The highest BCUT2D eigenvalue weighted by atomic mass is 19.1. The minimum Gasteiger partial charge on any atom is -0.490 e. The summed E-state index contributed by atoms with van der Waals surface area (Å²) in [6.07, 6.45) is 1.42. The van der Waals surface area contributed by atoms with Gasteiger partial charge in [0.15, 0.2) is 23.1 Å². The molecule has 0 saturated heterocycles. The molecule has 0 amide bonds. The van der Waals surface area contributed by atoms with Crippen molar-refractivity contribution in [2.75, 3.05) is 54.5 Å². The molecule has 3 aromatic carbocycles. The van der Waals surface area contributed by atoms with Gasteiger partial charge in [0.2, 0.25) is 0 Å². The number of aromatic amines is 2. The van der Waals surface area contributed by atoms with E-state index in [9.17, 15) is 8.78 Å². The van der Waals surface area contributed by atoms with Gasteiger partial charge < -0.3 is 29.2 Å². The van der Waals surface area contributed by atoms with Crippen molar-refractivity contribution in [2.24, 2.45) is 0 Å². The van der Waals surface area contributed by atoms with E-state index in [4.69, 9.17) is 9.47 Å². The molecule has 0 unspecified atom stereocenters. The van der Waals surface area contributed by atoms with E-state index in [0.717, 1.165) is 25.2 Å². The lowest BCUT2D eigenvalue weighted by Crippen LogP contribution is -2.15. The van der Waals surface area contributed by atoms with Crippen molar-refractivity contribution in [1.29, 1.82) is 0 Å². The van der Waals surface area contributed by atoms with Crippen LogP contribution >= 0.6 is 0 Å². The average Bonchev–Trinajstić information content (AvgIpc) is 3.53. The van der Waals surface area contributed by atoms with Crippen LogP contribution in [0.3, 0.4) is 0 Å². The largest absolute Gasteiger partial charge is 0.490 e. The Bertz CT molecular complexity index is 1590. The van der Waals surface area contributed by atoms with Crippen LogP contribution < -0.4 is 9.47 Å². The van der Waals surface area contributed by atoms with Crippen molar-refractivity contribution in [3.63, 3.8) is 0 Å². The minimum atomic E-state index is -0.775. The van der Waals surface area contributed by atoms with Crippen molar-refractivity contribution < 1.29 is 27.0 Å². The van der Waals surface area contributed by atoms with Crippen LogP contribution in [0.1, 0.15) is 12.8 Å². The number of halogens is 4. The molecule has 42 heavy (non-hydrogen) atoms. The predicted molar refractivity (Wildman–Crippen MR) is 154 cm³/mol. The highest BCUT2D eigenvalue weighted by Gasteiger charge is 2.20. The predicted octanol–water partition coefficient (Wildman–Crippen LogP) is 5.99. The van der Waals surface area contributed by atoms with Crippen LogP contribution in [0.2, 0.25) is 0 Å². The van der Waals surface area contributed by atoms with Crippen LogP contribution in [0.15, 0.2) is 36.4 Å². The Morgan fingerprint density at radius 1 is 0.595 bits per heavy atom. The van der Waals surface area contributed by atoms with Gasteiger partial charge in [0.1, 0.15) is 23.3 Å². The van der Waals surface area contributed by atoms with Gasteiger partial charge in [-0.3, -0.25) is 0 Å². The van der Waals surface area contributed by atoms with Crippen LogP contribution in [0.4, 0.5) is 17.6 Å². The van der Waals surface area contributed by atoms with Crippen LogP contribution in [-0.4, -0.2) is 84.2 Å². The Hall–Kier alpha value is -4.16. The molecule has 0 radical (unpaired) electrons. The maximum Gasteiger partial charge on any atom is 0.167 e. The van der Waals surface area contributed by atoms with Gasteiger partial charge in [-0.25, -0.2) is 27.5 Å². The lowest BCUT2D eigenvalue weighted by Gasteiger charge is -2.10. The standard InChI is InChI=1S/C30H32F4N6O2/c1-39(2)7-5-9-41-27-15-25-23(13-21(27)33)35-29(37-25)17-11-20(32)18(12-19(17)31)30-36-24-14-22(34)28(16-26(24)38-30)42-10-6-8-40(3)4/h11-16H,5-10H2,1-4H3,(H,35,37)(H,36,38). The molecule has 2 aromatic heterocycles. The summed E-state index contributed by atoms with van der Waals surface area (Å²) in [6, 6.07) is 7.26. The fraction of sp³-hybridized carbons (Fsp3) is 0.333. The van der Waals surface area contributed by atoms with Crippen molar-refractivity contribution in [1.82, 2.24) is 29.7 Å². The van der Waals surface area contributed by atoms with Gasteiger partial charge in [-0.05, 0) is 53.2 Å². The van der Waals surface area contributed by atoms with Gasteiger partial charge >= 0.3 is 0 Å². The third-order valence-electron chi connectivity index (χ3n) is 6.65. The molecule has 0 atom stereocenters. The summed E-state index contributed by atoms with van der Waals surface area (Å²) in [5.41, 5.74) is 1.03. The summed E-state index contributed by atoms with van der Waals surface area (Å²) in [6.45, 7) is 2.22. The van der Waals surface area contributed by atoms with Gasteiger partial charge in [-0.2, -0.15) is 0 Å². The maximum absolute atomic E-state index is 15.3. The molecule has 5 rings (SSSR count). The third kappa shape index (κ3) is 6.50. The zero-order chi connectivity index (χ0) is 30.0. The monoisotopic (exact) mass is 584 g/mol. The number of nitrogens with one attached hydrogen (secondary N) is 2. The van der Waals surface area contributed by atoms with E-state index < -0.39 is 23.3 Å². The Kier molecular flexibility index (Phi) is 8.64. The van der Waals surface area contributed by atoms with E-state index in [1.54, 1.807) is 0 Å². The second-order valence-corrected chi connectivity index (χ2v) is 10.6. The highest BCUT2D eigenvalue weighted by Crippen LogP contribution is 2.33. The SMILES string of the molecule is CN(C)CCCOc1cc2[nH]c(-c3cc(F)c(-c4nc5cc(F)c(OCCCN(C)C)cc5[nH]4)cc3F)nc2cc1F. The summed E-state index contributed by atoms with van der Waals surface area (Å²) >= 11 is 0. The van der Waals surface area contributed by atoms with Crippen LogP contribution in [-0.2, 0) is 0 Å². The van der Waals surface area contributed by atoms with E-state index in [1.807, 2.05) is 38.0 Å². The first-order chi connectivity index (χ1) is 20.1. The highest BCUT2D eigenvalue weighted by molar-refractivity contribution is 5.83. The maximum atomic E-state index is 15.3. The summed E-state index contributed by atoms with van der Waals surface area (Å²) in [5, 5.41) is 0. The summed E-state index contributed by atoms with van der Waals surface area (Å²) in [5.74, 6) is -2.61. The average molecular weight is 585 g/mol. The molecule has 8 nitrogen and oxygen atoms in total. The number of fused-ring (bicyclic) bond motifs is 2. The van der Waals surface area contributed by atoms with Crippen molar-refractivity contribution in [3.05, 3.63) is 59.7 Å². The lowest BCUT2D eigenvalue weighted by atomic mass is 10.1. The summed E-state index contributed by atoms with van der Waals surface area (Å²) in [4.78, 5) is 18.4. The topological polar surface area (TPSA) is 82.3 Å². The van der Waals surface area contributed by atoms with Crippen molar-refractivity contribution in [2.45, 2.75) is 12.8 Å². The normalized spacial score (nSPS) is 11.9. The molecule has 12 heteroatoms. The van der Waals surface area contributed by atoms with Crippen molar-refractivity contribution in [3.8, 4) is 34.3 Å². The number of imidazole rings is 2. The van der Waals surface area contributed by atoms with Gasteiger partial charge in [-0.15, -0.1) is 0 Å². The second kappa shape index (κ2) is 12.4. The minimum absolute atomic E-state index is 0.0276.